The third-order valence-corrected chi connectivity index (χ3v) is 5.81. The van der Waals surface area contributed by atoms with Gasteiger partial charge >= 0.3 is 0 Å². The molecule has 2 aromatic heterocycles. The molecule has 1 atom stereocenters. The largest absolute Gasteiger partial charge is 0.384 e. The number of nitrogen functional groups attached to an aromatic ring is 1. The van der Waals surface area contributed by atoms with E-state index in [0.717, 1.165) is 48.7 Å². The Morgan fingerprint density at radius 2 is 2.14 bits per heavy atom. The molecule has 150 valence electrons. The predicted molar refractivity (Wildman–Crippen MR) is 115 cm³/mol. The Kier molecular flexibility index (Phi) is 4.57. The van der Waals surface area contributed by atoms with E-state index in [0.29, 0.717) is 11.7 Å². The second-order valence-corrected chi connectivity index (χ2v) is 7.90. The average molecular weight is 390 g/mol. The molecule has 3 aromatic rings. The smallest absolute Gasteiger partial charge is 0.169 e. The fraction of sp³-hybridized carbons (Fsp3) is 0.333. The first kappa shape index (κ1) is 18.0. The van der Waals surface area contributed by atoms with Gasteiger partial charge in [-0.2, -0.15) is 5.10 Å². The lowest BCUT2D eigenvalue weighted by atomic mass is 9.94. The summed E-state index contributed by atoms with van der Waals surface area (Å²) in [6.07, 6.45) is 5.99. The van der Waals surface area contributed by atoms with Gasteiger partial charge in [-0.25, -0.2) is 4.98 Å². The summed E-state index contributed by atoms with van der Waals surface area (Å²) in [4.78, 5) is 4.28. The lowest BCUT2D eigenvalue weighted by Gasteiger charge is -2.13. The molecule has 29 heavy (non-hydrogen) atoms. The van der Waals surface area contributed by atoms with Crippen molar-refractivity contribution < 1.29 is 0 Å². The van der Waals surface area contributed by atoms with Crippen molar-refractivity contribution in [1.82, 2.24) is 25.6 Å². The quantitative estimate of drug-likeness (QED) is 0.455. The first-order chi connectivity index (χ1) is 14.2. The molecule has 2 aliphatic heterocycles. The molecule has 5 rings (SSSR count). The zero-order valence-electron chi connectivity index (χ0n) is 16.5. The van der Waals surface area contributed by atoms with Gasteiger partial charge in [-0.1, -0.05) is 18.2 Å². The molecule has 8 heteroatoms. The van der Waals surface area contributed by atoms with Gasteiger partial charge in [-0.15, -0.1) is 5.53 Å². The molecule has 4 heterocycles. The van der Waals surface area contributed by atoms with E-state index < -0.39 is 0 Å². The number of hydrazine groups is 2. The van der Waals surface area contributed by atoms with Crippen molar-refractivity contribution in [2.45, 2.75) is 32.2 Å². The van der Waals surface area contributed by atoms with E-state index in [1.807, 2.05) is 16.9 Å². The number of anilines is 3. The second-order valence-electron chi connectivity index (χ2n) is 7.90. The maximum Gasteiger partial charge on any atom is 0.169 e. The molecule has 0 radical (unpaired) electrons. The van der Waals surface area contributed by atoms with Gasteiger partial charge in [-0.05, 0) is 59.7 Å². The van der Waals surface area contributed by atoms with E-state index in [1.165, 1.54) is 23.1 Å². The van der Waals surface area contributed by atoms with E-state index in [1.54, 1.807) is 0 Å². The predicted octanol–water partition coefficient (Wildman–Crippen LogP) is 2.14. The number of pyridine rings is 1. The summed E-state index contributed by atoms with van der Waals surface area (Å²) >= 11 is 0. The van der Waals surface area contributed by atoms with Gasteiger partial charge in [0.1, 0.15) is 5.82 Å². The van der Waals surface area contributed by atoms with Crippen LogP contribution in [0.15, 0.2) is 36.7 Å². The topological polar surface area (TPSA) is 105 Å². The first-order valence-electron chi connectivity index (χ1n) is 10.0. The van der Waals surface area contributed by atoms with Crippen molar-refractivity contribution >= 4 is 17.3 Å². The molecular formula is C21H26N8. The molecule has 0 aliphatic carbocycles. The molecule has 0 bridgehead atoms. The molecule has 0 saturated carbocycles. The molecule has 1 unspecified atom stereocenters. The summed E-state index contributed by atoms with van der Waals surface area (Å²) in [5.41, 5.74) is 22.1. The summed E-state index contributed by atoms with van der Waals surface area (Å²) in [6.45, 7) is 5.13. The van der Waals surface area contributed by atoms with Crippen molar-refractivity contribution in [3.05, 3.63) is 64.5 Å². The Bertz CT molecular complexity index is 1040. The van der Waals surface area contributed by atoms with Crippen LogP contribution in [0, 0.1) is 6.92 Å². The number of aromatic nitrogens is 3. The van der Waals surface area contributed by atoms with Crippen LogP contribution in [-0.4, -0.2) is 27.9 Å². The number of nitrogens with one attached hydrogen (secondary N) is 4. The van der Waals surface area contributed by atoms with E-state index in [4.69, 9.17) is 5.73 Å². The third kappa shape index (κ3) is 3.64. The van der Waals surface area contributed by atoms with E-state index in [2.05, 4.69) is 63.1 Å². The Hall–Kier alpha value is -3.10. The van der Waals surface area contributed by atoms with Crippen LogP contribution in [0.25, 0.3) is 0 Å². The van der Waals surface area contributed by atoms with Crippen molar-refractivity contribution in [3.8, 4) is 0 Å². The fourth-order valence-corrected chi connectivity index (χ4v) is 4.18. The standard InChI is InChI=1S/C21H26N8/c1-13-2-3-15(16-4-5-23-10-16)7-18(13)12-29-11-14(9-24-29)6-17-8-19(22)25-21-20(17)26-28-27-21/h2-3,7-9,11,16,23,26,28H,4-6,10,12H2,1H3,(H3,22,25,27). The van der Waals surface area contributed by atoms with Gasteiger partial charge in [0.05, 0.1) is 18.4 Å². The Balaban J connectivity index is 1.34. The average Bonchev–Trinajstić information content (AvgIpc) is 3.45. The molecule has 1 saturated heterocycles. The number of nitrogens with zero attached hydrogens (tertiary/aromatic N) is 3. The minimum absolute atomic E-state index is 0.498. The summed E-state index contributed by atoms with van der Waals surface area (Å²) in [7, 11) is 0. The van der Waals surface area contributed by atoms with Crippen LogP contribution in [-0.2, 0) is 13.0 Å². The highest BCUT2D eigenvalue weighted by atomic mass is 15.6. The zero-order valence-corrected chi connectivity index (χ0v) is 16.5. The third-order valence-electron chi connectivity index (χ3n) is 5.81. The minimum Gasteiger partial charge on any atom is -0.384 e. The summed E-state index contributed by atoms with van der Waals surface area (Å²) < 4.78 is 2.02. The monoisotopic (exact) mass is 390 g/mol. The van der Waals surface area contributed by atoms with Crippen molar-refractivity contribution in [2.75, 3.05) is 29.7 Å². The van der Waals surface area contributed by atoms with E-state index in [9.17, 15) is 0 Å². The van der Waals surface area contributed by atoms with Crippen LogP contribution in [0.1, 0.15) is 40.2 Å². The summed E-state index contributed by atoms with van der Waals surface area (Å²) in [5, 5.41) is 8.06. The normalized spacial score (nSPS) is 17.8. The lowest BCUT2D eigenvalue weighted by molar-refractivity contribution is 0.679. The van der Waals surface area contributed by atoms with Gasteiger partial charge < -0.3 is 16.5 Å². The zero-order chi connectivity index (χ0) is 19.8. The lowest BCUT2D eigenvalue weighted by Crippen LogP contribution is -2.19. The van der Waals surface area contributed by atoms with Gasteiger partial charge in [0, 0.05) is 19.2 Å². The highest BCUT2D eigenvalue weighted by molar-refractivity contribution is 5.74. The highest BCUT2D eigenvalue weighted by Crippen LogP contribution is 2.30. The number of hydrogen-bond donors (Lipinski definition) is 5. The van der Waals surface area contributed by atoms with Gasteiger partial charge in [0.2, 0.25) is 0 Å². The van der Waals surface area contributed by atoms with Crippen LogP contribution in [0.3, 0.4) is 0 Å². The molecule has 0 amide bonds. The van der Waals surface area contributed by atoms with Crippen LogP contribution < -0.4 is 27.4 Å². The summed E-state index contributed by atoms with van der Waals surface area (Å²) in [5.74, 6) is 1.84. The number of nitrogens with two attached hydrogens (primary N) is 1. The number of aryl methyl sites for hydroxylation is 1. The van der Waals surface area contributed by atoms with Crippen molar-refractivity contribution in [1.29, 1.82) is 0 Å². The number of hydrogen-bond acceptors (Lipinski definition) is 7. The number of fused-ring (bicyclic) bond motifs is 1. The Morgan fingerprint density at radius 3 is 3.00 bits per heavy atom. The second kappa shape index (κ2) is 7.38. The molecule has 0 spiro atoms. The van der Waals surface area contributed by atoms with Crippen LogP contribution in [0.5, 0.6) is 0 Å². The van der Waals surface area contributed by atoms with Crippen molar-refractivity contribution in [3.63, 3.8) is 0 Å². The van der Waals surface area contributed by atoms with Crippen LogP contribution in [0.4, 0.5) is 17.3 Å². The van der Waals surface area contributed by atoms with E-state index in [-0.39, 0.29) is 0 Å². The fourth-order valence-electron chi connectivity index (χ4n) is 4.18. The SMILES string of the molecule is Cc1ccc(C2CCNC2)cc1Cn1cc(Cc2cc(N)nc3c2NNN3)cn1. The Morgan fingerprint density at radius 1 is 1.21 bits per heavy atom. The summed E-state index contributed by atoms with van der Waals surface area (Å²) in [6, 6.07) is 8.77. The highest BCUT2D eigenvalue weighted by Gasteiger charge is 2.18. The molecule has 8 nitrogen and oxygen atoms in total. The van der Waals surface area contributed by atoms with Crippen LogP contribution in [0.2, 0.25) is 0 Å². The van der Waals surface area contributed by atoms with Crippen LogP contribution >= 0.6 is 0 Å². The Labute approximate surface area is 169 Å². The van der Waals surface area contributed by atoms with Gasteiger partial charge in [0.15, 0.2) is 5.82 Å². The molecule has 2 aliphatic rings. The maximum atomic E-state index is 5.94. The minimum atomic E-state index is 0.498. The number of benzene rings is 1. The molecule has 1 fully saturated rings. The van der Waals surface area contributed by atoms with Gasteiger partial charge in [0.25, 0.3) is 0 Å². The maximum absolute atomic E-state index is 5.94. The molecule has 1 aromatic carbocycles. The first-order valence-corrected chi connectivity index (χ1v) is 10.0. The molecule has 6 N–H and O–H groups in total. The van der Waals surface area contributed by atoms with E-state index >= 15 is 0 Å². The van der Waals surface area contributed by atoms with Crippen molar-refractivity contribution in [2.24, 2.45) is 0 Å². The number of rotatable bonds is 5. The molecular weight excluding hydrogens is 364 g/mol. The van der Waals surface area contributed by atoms with Gasteiger partial charge in [-0.3, -0.25) is 10.1 Å².